The van der Waals surface area contributed by atoms with Gasteiger partial charge >= 0.3 is 0 Å². The minimum atomic E-state index is -0.294. The Bertz CT molecular complexity index is 282. The van der Waals surface area contributed by atoms with Crippen LogP contribution in [0.15, 0.2) is 0 Å². The molecule has 0 aliphatic rings. The van der Waals surface area contributed by atoms with Crippen molar-refractivity contribution in [3.05, 3.63) is 0 Å². The van der Waals surface area contributed by atoms with E-state index in [1.165, 1.54) is 0 Å². The number of ketones is 1. The molecule has 0 spiro atoms. The number of carbonyl (C=O) groups is 3. The molecule has 6 heteroatoms. The van der Waals surface area contributed by atoms with Crippen LogP contribution in [0.4, 0.5) is 0 Å². The third kappa shape index (κ3) is 7.79. The van der Waals surface area contributed by atoms with Gasteiger partial charge in [-0.25, -0.2) is 0 Å². The molecule has 0 saturated heterocycles. The quantitative estimate of drug-likeness (QED) is 0.544. The second-order valence-corrected chi connectivity index (χ2v) is 4.13. The molecule has 1 unspecified atom stereocenters. The number of amides is 2. The number of Topliss-reactive ketones (excluding diaryl/α,β-unsaturated/α-hetero) is 1. The SMILES string of the molecule is CCC(C)C(=O)CCNC(=O)CNC(=O)CS. The topological polar surface area (TPSA) is 75.3 Å². The maximum atomic E-state index is 11.4. The molecule has 0 heterocycles. The Balaban J connectivity index is 3.64. The molecule has 0 aromatic rings. The van der Waals surface area contributed by atoms with Crippen LogP contribution >= 0.6 is 12.6 Å². The summed E-state index contributed by atoms with van der Waals surface area (Å²) in [6, 6.07) is 0. The van der Waals surface area contributed by atoms with E-state index in [0.29, 0.717) is 13.0 Å². The Hall–Kier alpha value is -1.04. The lowest BCUT2D eigenvalue weighted by atomic mass is 10.0. The Morgan fingerprint density at radius 2 is 1.82 bits per heavy atom. The van der Waals surface area contributed by atoms with Crippen molar-refractivity contribution in [3.8, 4) is 0 Å². The van der Waals surface area contributed by atoms with Crippen molar-refractivity contribution < 1.29 is 14.4 Å². The normalized spacial score (nSPS) is 11.7. The zero-order valence-electron chi connectivity index (χ0n) is 10.3. The van der Waals surface area contributed by atoms with Gasteiger partial charge in [-0.05, 0) is 6.42 Å². The summed E-state index contributed by atoms with van der Waals surface area (Å²) in [5.41, 5.74) is 0. The van der Waals surface area contributed by atoms with Gasteiger partial charge in [0.25, 0.3) is 0 Å². The molecule has 2 amide bonds. The fourth-order valence-electron chi connectivity index (χ4n) is 1.10. The number of rotatable bonds is 8. The van der Waals surface area contributed by atoms with E-state index < -0.39 is 0 Å². The molecule has 2 N–H and O–H groups in total. The lowest BCUT2D eigenvalue weighted by molar-refractivity contribution is -0.125. The van der Waals surface area contributed by atoms with Crippen molar-refractivity contribution >= 4 is 30.2 Å². The molecule has 0 aromatic carbocycles. The standard InChI is InChI=1S/C11H20N2O3S/c1-3-8(2)9(14)4-5-12-10(15)6-13-11(16)7-17/h8,17H,3-7H2,1-2H3,(H,12,15)(H,13,16). The highest BCUT2D eigenvalue weighted by molar-refractivity contribution is 7.81. The van der Waals surface area contributed by atoms with Gasteiger partial charge in [0.15, 0.2) is 0 Å². The average Bonchev–Trinajstić information content (AvgIpc) is 2.34. The van der Waals surface area contributed by atoms with E-state index in [2.05, 4.69) is 23.3 Å². The summed E-state index contributed by atoms with van der Waals surface area (Å²) in [7, 11) is 0. The van der Waals surface area contributed by atoms with E-state index in [9.17, 15) is 14.4 Å². The molecule has 98 valence electrons. The van der Waals surface area contributed by atoms with Crippen molar-refractivity contribution in [1.82, 2.24) is 10.6 Å². The van der Waals surface area contributed by atoms with E-state index in [0.717, 1.165) is 6.42 Å². The van der Waals surface area contributed by atoms with Gasteiger partial charge in [0, 0.05) is 18.9 Å². The second kappa shape index (κ2) is 9.04. The fourth-order valence-corrected chi connectivity index (χ4v) is 1.21. The number of hydrogen-bond acceptors (Lipinski definition) is 4. The Morgan fingerprint density at radius 3 is 2.35 bits per heavy atom. The van der Waals surface area contributed by atoms with Crippen molar-refractivity contribution in [2.45, 2.75) is 26.7 Å². The van der Waals surface area contributed by atoms with Crippen LogP contribution in [-0.2, 0) is 14.4 Å². The van der Waals surface area contributed by atoms with Gasteiger partial charge in [-0.15, -0.1) is 0 Å². The van der Waals surface area contributed by atoms with Crippen LogP contribution in [0.1, 0.15) is 26.7 Å². The van der Waals surface area contributed by atoms with Crippen molar-refractivity contribution in [1.29, 1.82) is 0 Å². The number of nitrogens with one attached hydrogen (secondary N) is 2. The highest BCUT2D eigenvalue weighted by Crippen LogP contribution is 2.03. The Labute approximate surface area is 107 Å². The van der Waals surface area contributed by atoms with Crippen molar-refractivity contribution in [3.63, 3.8) is 0 Å². The molecule has 0 aromatic heterocycles. The summed E-state index contributed by atoms with van der Waals surface area (Å²) < 4.78 is 0. The van der Waals surface area contributed by atoms with Gasteiger partial charge in [-0.2, -0.15) is 12.6 Å². The zero-order chi connectivity index (χ0) is 13.3. The predicted octanol–water partition coefficient (Wildman–Crippen LogP) is 0.154. The van der Waals surface area contributed by atoms with E-state index in [-0.39, 0.29) is 35.8 Å². The molecular formula is C11H20N2O3S. The smallest absolute Gasteiger partial charge is 0.239 e. The molecule has 0 fully saturated rings. The third-order valence-electron chi connectivity index (χ3n) is 2.45. The van der Waals surface area contributed by atoms with Crippen LogP contribution in [-0.4, -0.2) is 36.4 Å². The van der Waals surface area contributed by atoms with E-state index in [1.54, 1.807) is 0 Å². The largest absolute Gasteiger partial charge is 0.354 e. The summed E-state index contributed by atoms with van der Waals surface area (Å²) in [5.74, 6) is -0.348. The zero-order valence-corrected chi connectivity index (χ0v) is 11.2. The second-order valence-electron chi connectivity index (χ2n) is 3.81. The van der Waals surface area contributed by atoms with Crippen LogP contribution in [0.25, 0.3) is 0 Å². The monoisotopic (exact) mass is 260 g/mol. The maximum absolute atomic E-state index is 11.4. The van der Waals surface area contributed by atoms with Crippen molar-refractivity contribution in [2.24, 2.45) is 5.92 Å². The first-order valence-electron chi connectivity index (χ1n) is 5.68. The van der Waals surface area contributed by atoms with Gasteiger partial charge < -0.3 is 10.6 Å². The number of hydrogen-bond donors (Lipinski definition) is 3. The Kier molecular flexibility index (Phi) is 8.49. The van der Waals surface area contributed by atoms with Crippen LogP contribution < -0.4 is 10.6 Å². The number of thiol groups is 1. The molecule has 5 nitrogen and oxygen atoms in total. The molecular weight excluding hydrogens is 240 g/mol. The van der Waals surface area contributed by atoms with Crippen LogP contribution in [0.2, 0.25) is 0 Å². The number of carbonyl (C=O) groups excluding carboxylic acids is 3. The van der Waals surface area contributed by atoms with Crippen LogP contribution in [0.3, 0.4) is 0 Å². The van der Waals surface area contributed by atoms with Gasteiger partial charge in [0.05, 0.1) is 12.3 Å². The van der Waals surface area contributed by atoms with E-state index in [1.807, 2.05) is 13.8 Å². The van der Waals surface area contributed by atoms with Gasteiger partial charge in [0.2, 0.25) is 11.8 Å². The van der Waals surface area contributed by atoms with Gasteiger partial charge in [0.1, 0.15) is 5.78 Å². The van der Waals surface area contributed by atoms with Gasteiger partial charge in [-0.1, -0.05) is 13.8 Å². The minimum absolute atomic E-state index is 0.0378. The lowest BCUT2D eigenvalue weighted by Crippen LogP contribution is -2.38. The van der Waals surface area contributed by atoms with Crippen LogP contribution in [0.5, 0.6) is 0 Å². The van der Waals surface area contributed by atoms with Crippen molar-refractivity contribution in [2.75, 3.05) is 18.8 Å². The molecule has 0 aliphatic carbocycles. The summed E-state index contributed by atoms with van der Waals surface area (Å²) >= 11 is 3.76. The maximum Gasteiger partial charge on any atom is 0.239 e. The van der Waals surface area contributed by atoms with E-state index >= 15 is 0 Å². The minimum Gasteiger partial charge on any atom is -0.354 e. The first-order valence-corrected chi connectivity index (χ1v) is 6.31. The lowest BCUT2D eigenvalue weighted by Gasteiger charge is -2.08. The third-order valence-corrected chi connectivity index (χ3v) is 2.73. The summed E-state index contributed by atoms with van der Waals surface area (Å²) in [4.78, 5) is 33.5. The summed E-state index contributed by atoms with van der Waals surface area (Å²) in [6.45, 7) is 4.07. The first kappa shape index (κ1) is 16.0. The molecule has 17 heavy (non-hydrogen) atoms. The molecule has 1 atom stereocenters. The molecule has 0 saturated carbocycles. The fraction of sp³-hybridized carbons (Fsp3) is 0.727. The predicted molar refractivity (Wildman–Crippen MR) is 69.0 cm³/mol. The highest BCUT2D eigenvalue weighted by Gasteiger charge is 2.10. The van der Waals surface area contributed by atoms with E-state index in [4.69, 9.17) is 0 Å². The summed E-state index contributed by atoms with van der Waals surface area (Å²) in [5, 5.41) is 4.96. The molecule has 0 radical (unpaired) electrons. The molecule has 0 rings (SSSR count). The Morgan fingerprint density at radius 1 is 1.18 bits per heavy atom. The van der Waals surface area contributed by atoms with Gasteiger partial charge in [-0.3, -0.25) is 14.4 Å². The molecule has 0 bridgehead atoms. The first-order chi connectivity index (χ1) is 8.01. The average molecular weight is 260 g/mol. The van der Waals surface area contributed by atoms with Crippen LogP contribution in [0, 0.1) is 5.92 Å². The highest BCUT2D eigenvalue weighted by atomic mass is 32.1. The molecule has 0 aliphatic heterocycles. The summed E-state index contributed by atoms with van der Waals surface area (Å²) in [6.07, 6.45) is 1.14.